The third-order valence-corrected chi connectivity index (χ3v) is 4.72. The highest BCUT2D eigenvalue weighted by Crippen LogP contribution is 2.33. The second-order valence-electron chi connectivity index (χ2n) is 6.78. The lowest BCUT2D eigenvalue weighted by molar-refractivity contribution is -0.384. The van der Waals surface area contributed by atoms with Gasteiger partial charge < -0.3 is 10.1 Å². The van der Waals surface area contributed by atoms with Crippen molar-refractivity contribution in [3.05, 3.63) is 58.1 Å². The summed E-state index contributed by atoms with van der Waals surface area (Å²) < 4.78 is 5.14. The number of carbonyl (C=O) groups is 1. The molecule has 0 unspecified atom stereocenters. The van der Waals surface area contributed by atoms with E-state index in [9.17, 15) is 14.9 Å². The average molecular weight is 374 g/mol. The van der Waals surface area contributed by atoms with Gasteiger partial charge in [0.25, 0.3) is 5.69 Å². The molecule has 26 heavy (non-hydrogen) atoms. The molecule has 2 rings (SSSR count). The van der Waals surface area contributed by atoms with Crippen LogP contribution in [0.15, 0.2) is 47.4 Å². The number of hydrogen-bond acceptors (Lipinski definition) is 5. The van der Waals surface area contributed by atoms with E-state index < -0.39 is 10.3 Å². The molecule has 1 N–H and O–H groups in total. The largest absolute Gasteiger partial charge is 0.497 e. The number of thioether (sulfide) groups is 1. The molecule has 6 nitrogen and oxygen atoms in total. The Hall–Kier alpha value is -2.54. The summed E-state index contributed by atoms with van der Waals surface area (Å²) in [6, 6.07) is 12.5. The third-order valence-electron chi connectivity index (χ3n) is 3.66. The molecule has 138 valence electrons. The number of nitro groups is 1. The second kappa shape index (κ2) is 8.23. The number of nitrogens with zero attached hydrogens (tertiary/aromatic N) is 1. The average Bonchev–Trinajstić information content (AvgIpc) is 2.59. The van der Waals surface area contributed by atoms with E-state index in [4.69, 9.17) is 4.74 Å². The molecule has 0 heterocycles. The summed E-state index contributed by atoms with van der Waals surface area (Å²) >= 11 is 1.54. The summed E-state index contributed by atoms with van der Waals surface area (Å²) in [4.78, 5) is 23.8. The predicted molar refractivity (Wildman–Crippen MR) is 104 cm³/mol. The van der Waals surface area contributed by atoms with E-state index >= 15 is 0 Å². The van der Waals surface area contributed by atoms with Crippen molar-refractivity contribution >= 4 is 29.0 Å². The first kappa shape index (κ1) is 19.8. The van der Waals surface area contributed by atoms with Gasteiger partial charge in [0, 0.05) is 22.1 Å². The fourth-order valence-electron chi connectivity index (χ4n) is 2.06. The Balaban J connectivity index is 2.17. The van der Waals surface area contributed by atoms with E-state index in [0.29, 0.717) is 5.75 Å². The van der Waals surface area contributed by atoms with Gasteiger partial charge in [0.2, 0.25) is 5.91 Å². The van der Waals surface area contributed by atoms with Crippen LogP contribution in [0.5, 0.6) is 5.75 Å². The first-order valence-corrected chi connectivity index (χ1v) is 9.05. The van der Waals surface area contributed by atoms with Gasteiger partial charge in [-0.15, -0.1) is 11.8 Å². The van der Waals surface area contributed by atoms with Crippen molar-refractivity contribution in [2.45, 2.75) is 31.4 Å². The van der Waals surface area contributed by atoms with E-state index in [2.05, 4.69) is 5.32 Å². The van der Waals surface area contributed by atoms with Gasteiger partial charge >= 0.3 is 0 Å². The van der Waals surface area contributed by atoms with E-state index in [1.54, 1.807) is 51.8 Å². The zero-order valence-electron chi connectivity index (χ0n) is 15.2. The fourth-order valence-corrected chi connectivity index (χ4v) is 2.95. The molecular weight excluding hydrogens is 352 g/mol. The van der Waals surface area contributed by atoms with Crippen molar-refractivity contribution < 1.29 is 14.5 Å². The normalized spacial score (nSPS) is 11.1. The summed E-state index contributed by atoms with van der Waals surface area (Å²) in [6.45, 7) is 5.28. The highest BCUT2D eigenvalue weighted by atomic mass is 32.2. The molecular formula is C19H22N2O4S. The molecule has 2 aromatic rings. The number of amides is 1. The molecule has 0 saturated carbocycles. The molecule has 0 saturated heterocycles. The lowest BCUT2D eigenvalue weighted by Crippen LogP contribution is -2.27. The molecule has 0 aliphatic rings. The molecule has 0 aromatic heterocycles. The minimum absolute atomic E-state index is 0.114. The van der Waals surface area contributed by atoms with Crippen molar-refractivity contribution in [2.24, 2.45) is 5.41 Å². The Morgan fingerprint density at radius 1 is 1.19 bits per heavy atom. The Morgan fingerprint density at radius 2 is 1.85 bits per heavy atom. The van der Waals surface area contributed by atoms with Crippen molar-refractivity contribution in [3.8, 4) is 5.75 Å². The number of nitrogens with one attached hydrogen (secondary N) is 1. The number of rotatable bonds is 6. The monoisotopic (exact) mass is 374 g/mol. The van der Waals surface area contributed by atoms with Crippen LogP contribution in [0.1, 0.15) is 26.3 Å². The lowest BCUT2D eigenvalue weighted by Gasteiger charge is -2.18. The summed E-state index contributed by atoms with van der Waals surface area (Å²) in [6.07, 6.45) is 0. The van der Waals surface area contributed by atoms with Crippen molar-refractivity contribution in [2.75, 3.05) is 12.4 Å². The third kappa shape index (κ3) is 5.23. The predicted octanol–water partition coefficient (Wildman–Crippen LogP) is 4.88. The van der Waals surface area contributed by atoms with Gasteiger partial charge in [-0.05, 0) is 29.8 Å². The van der Waals surface area contributed by atoms with Crippen molar-refractivity contribution in [1.29, 1.82) is 0 Å². The zero-order chi connectivity index (χ0) is 19.3. The smallest absolute Gasteiger partial charge is 0.292 e. The number of hydrogen-bond donors (Lipinski definition) is 1. The van der Waals surface area contributed by atoms with Gasteiger partial charge in [0.15, 0.2) is 0 Å². The van der Waals surface area contributed by atoms with Crippen molar-refractivity contribution in [1.82, 2.24) is 0 Å². The van der Waals surface area contributed by atoms with Crippen LogP contribution in [-0.4, -0.2) is 17.9 Å². The first-order chi connectivity index (χ1) is 12.2. The minimum Gasteiger partial charge on any atom is -0.497 e. The van der Waals surface area contributed by atoms with Crippen LogP contribution in [0.2, 0.25) is 0 Å². The molecule has 2 aromatic carbocycles. The van der Waals surface area contributed by atoms with Crippen LogP contribution in [-0.2, 0) is 10.5 Å². The van der Waals surface area contributed by atoms with Crippen LogP contribution >= 0.6 is 11.8 Å². The number of nitro benzene ring substituents is 1. The highest BCUT2D eigenvalue weighted by Gasteiger charge is 2.24. The van der Waals surface area contributed by atoms with Gasteiger partial charge in [-0.2, -0.15) is 0 Å². The minimum atomic E-state index is -0.639. The maximum absolute atomic E-state index is 12.2. The lowest BCUT2D eigenvalue weighted by atomic mass is 9.95. The Labute approximate surface area is 157 Å². The maximum atomic E-state index is 12.2. The van der Waals surface area contributed by atoms with Gasteiger partial charge in [0.05, 0.1) is 12.0 Å². The van der Waals surface area contributed by atoms with E-state index in [1.165, 1.54) is 6.07 Å². The number of benzene rings is 2. The quantitative estimate of drug-likeness (QED) is 0.443. The van der Waals surface area contributed by atoms with Gasteiger partial charge in [-0.3, -0.25) is 14.9 Å². The zero-order valence-corrected chi connectivity index (χ0v) is 16.1. The van der Waals surface area contributed by atoms with E-state index in [1.807, 2.05) is 24.3 Å². The fraction of sp³-hybridized carbons (Fsp3) is 0.316. The topological polar surface area (TPSA) is 81.5 Å². The SMILES string of the molecule is COc1ccc(CSc2ccc([N+](=O)[O-])c(NC(=O)C(C)(C)C)c2)cc1. The van der Waals surface area contributed by atoms with Gasteiger partial charge in [-0.25, -0.2) is 0 Å². The van der Waals surface area contributed by atoms with E-state index in [-0.39, 0.29) is 17.3 Å². The van der Waals surface area contributed by atoms with Gasteiger partial charge in [-0.1, -0.05) is 32.9 Å². The Bertz CT molecular complexity index is 798. The molecule has 7 heteroatoms. The van der Waals surface area contributed by atoms with Crippen LogP contribution in [0.3, 0.4) is 0 Å². The summed E-state index contributed by atoms with van der Waals surface area (Å²) in [7, 11) is 1.62. The molecule has 0 aliphatic heterocycles. The van der Waals surface area contributed by atoms with Gasteiger partial charge in [0.1, 0.15) is 11.4 Å². The Kier molecular flexibility index (Phi) is 6.26. The van der Waals surface area contributed by atoms with Crippen LogP contribution in [0, 0.1) is 15.5 Å². The van der Waals surface area contributed by atoms with Crippen LogP contribution in [0.25, 0.3) is 0 Å². The molecule has 0 bridgehead atoms. The first-order valence-electron chi connectivity index (χ1n) is 8.06. The molecule has 0 aliphatic carbocycles. The maximum Gasteiger partial charge on any atom is 0.292 e. The van der Waals surface area contributed by atoms with E-state index in [0.717, 1.165) is 16.2 Å². The summed E-state index contributed by atoms with van der Waals surface area (Å²) in [5, 5.41) is 13.9. The van der Waals surface area contributed by atoms with Crippen molar-refractivity contribution in [3.63, 3.8) is 0 Å². The molecule has 0 spiro atoms. The molecule has 1 amide bonds. The standard InChI is InChI=1S/C19H22N2O4S/c1-19(2,3)18(22)20-16-11-15(9-10-17(16)21(23)24)26-12-13-5-7-14(25-4)8-6-13/h5-11H,12H2,1-4H3,(H,20,22). The molecule has 0 atom stereocenters. The number of anilines is 1. The highest BCUT2D eigenvalue weighted by molar-refractivity contribution is 7.98. The van der Waals surface area contributed by atoms with Crippen LogP contribution in [0.4, 0.5) is 11.4 Å². The van der Waals surface area contributed by atoms with Crippen LogP contribution < -0.4 is 10.1 Å². The Morgan fingerprint density at radius 3 is 2.38 bits per heavy atom. The number of carbonyl (C=O) groups excluding carboxylic acids is 1. The summed E-state index contributed by atoms with van der Waals surface area (Å²) in [5.74, 6) is 1.23. The summed E-state index contributed by atoms with van der Waals surface area (Å²) in [5.41, 5.74) is 0.570. The number of methoxy groups -OCH3 is 1. The molecule has 0 radical (unpaired) electrons. The molecule has 0 fully saturated rings. The number of ether oxygens (including phenoxy) is 1. The second-order valence-corrected chi connectivity index (χ2v) is 7.83.